The van der Waals surface area contributed by atoms with Crippen molar-refractivity contribution in [3.05, 3.63) is 101 Å². The second-order valence-electron chi connectivity index (χ2n) is 10.3. The molecule has 0 unspecified atom stereocenters. The molecule has 1 heterocycles. The van der Waals surface area contributed by atoms with Gasteiger partial charge in [0, 0.05) is 19.5 Å². The summed E-state index contributed by atoms with van der Waals surface area (Å²) in [5.41, 5.74) is 5.60. The van der Waals surface area contributed by atoms with Gasteiger partial charge in [-0.1, -0.05) is 87.0 Å². The first-order chi connectivity index (χ1) is 17.9. The largest absolute Gasteiger partial charge is 0.481 e. The van der Waals surface area contributed by atoms with Crippen molar-refractivity contribution < 1.29 is 14.3 Å². The lowest BCUT2D eigenvalue weighted by Gasteiger charge is -2.38. The molecule has 1 aliphatic rings. The lowest BCUT2D eigenvalue weighted by Crippen LogP contribution is -2.41. The minimum absolute atomic E-state index is 0.130. The van der Waals surface area contributed by atoms with Gasteiger partial charge in [-0.15, -0.1) is 0 Å². The van der Waals surface area contributed by atoms with Gasteiger partial charge in [0.05, 0.1) is 6.04 Å². The van der Waals surface area contributed by atoms with Crippen molar-refractivity contribution >= 4 is 11.8 Å². The predicted molar refractivity (Wildman–Crippen MR) is 147 cm³/mol. The summed E-state index contributed by atoms with van der Waals surface area (Å²) in [6.07, 6.45) is 1.28. The van der Waals surface area contributed by atoms with Gasteiger partial charge in [-0.25, -0.2) is 0 Å². The standard InChI is InChI=1S/C32H38N2O3/c1-5-29(32(36)33-21-24-11-9-10-23(4)19-24)37-27-15-14-25-16-17-34(30(35)18-22(2)3)31(28(25)20-27)26-12-7-6-8-13-26/h6-15,19-20,22,29,31H,5,16-18,21H2,1-4H3,(H,33,36)/t29-,31-/m0/s1. The maximum absolute atomic E-state index is 13.3. The summed E-state index contributed by atoms with van der Waals surface area (Å²) in [4.78, 5) is 28.2. The monoisotopic (exact) mass is 498 g/mol. The molecule has 1 aliphatic heterocycles. The maximum Gasteiger partial charge on any atom is 0.261 e. The summed E-state index contributed by atoms with van der Waals surface area (Å²) in [5.74, 6) is 0.983. The van der Waals surface area contributed by atoms with Crippen LogP contribution in [0.1, 0.15) is 67.5 Å². The van der Waals surface area contributed by atoms with E-state index in [1.54, 1.807) is 0 Å². The molecule has 3 aromatic carbocycles. The van der Waals surface area contributed by atoms with E-state index >= 15 is 0 Å². The van der Waals surface area contributed by atoms with Crippen molar-refractivity contribution in [2.45, 2.75) is 65.6 Å². The van der Waals surface area contributed by atoms with Crippen molar-refractivity contribution in [1.82, 2.24) is 10.2 Å². The van der Waals surface area contributed by atoms with E-state index in [0.29, 0.717) is 37.6 Å². The summed E-state index contributed by atoms with van der Waals surface area (Å²) >= 11 is 0. The minimum atomic E-state index is -0.597. The fraction of sp³-hybridized carbons (Fsp3) is 0.375. The van der Waals surface area contributed by atoms with Gasteiger partial charge in [-0.3, -0.25) is 9.59 Å². The number of hydrogen-bond donors (Lipinski definition) is 1. The van der Waals surface area contributed by atoms with Gasteiger partial charge in [-0.05, 0) is 60.1 Å². The van der Waals surface area contributed by atoms with E-state index in [9.17, 15) is 9.59 Å². The van der Waals surface area contributed by atoms with Crippen LogP contribution in [0.2, 0.25) is 0 Å². The Morgan fingerprint density at radius 2 is 1.81 bits per heavy atom. The van der Waals surface area contributed by atoms with E-state index in [2.05, 4.69) is 43.4 Å². The number of ether oxygens (including phenoxy) is 1. The summed E-state index contributed by atoms with van der Waals surface area (Å²) in [6, 6.07) is 24.2. The molecule has 0 radical (unpaired) electrons. The van der Waals surface area contributed by atoms with Crippen LogP contribution in [0.5, 0.6) is 5.75 Å². The first-order valence-electron chi connectivity index (χ1n) is 13.3. The molecule has 1 N–H and O–H groups in total. The van der Waals surface area contributed by atoms with Gasteiger partial charge in [0.2, 0.25) is 5.91 Å². The highest BCUT2D eigenvalue weighted by Crippen LogP contribution is 2.38. The number of benzene rings is 3. The Balaban J connectivity index is 1.56. The van der Waals surface area contributed by atoms with Crippen LogP contribution in [0.3, 0.4) is 0 Å². The Labute approximate surface area is 220 Å². The highest BCUT2D eigenvalue weighted by Gasteiger charge is 2.32. The van der Waals surface area contributed by atoms with Gasteiger partial charge in [0.15, 0.2) is 6.10 Å². The third kappa shape index (κ3) is 6.59. The number of nitrogens with zero attached hydrogens (tertiary/aromatic N) is 1. The number of nitrogens with one attached hydrogen (secondary N) is 1. The molecule has 4 rings (SSSR count). The van der Waals surface area contributed by atoms with Crippen LogP contribution >= 0.6 is 0 Å². The van der Waals surface area contributed by atoms with Crippen molar-refractivity contribution in [2.75, 3.05) is 6.54 Å². The molecule has 0 saturated carbocycles. The van der Waals surface area contributed by atoms with Gasteiger partial charge in [-0.2, -0.15) is 0 Å². The summed E-state index contributed by atoms with van der Waals surface area (Å²) < 4.78 is 6.23. The number of amides is 2. The molecule has 37 heavy (non-hydrogen) atoms. The van der Waals surface area contributed by atoms with E-state index in [1.165, 1.54) is 5.56 Å². The number of fused-ring (bicyclic) bond motifs is 1. The van der Waals surface area contributed by atoms with Crippen molar-refractivity contribution in [1.29, 1.82) is 0 Å². The van der Waals surface area contributed by atoms with Gasteiger partial charge < -0.3 is 15.0 Å². The molecule has 0 aliphatic carbocycles. The quantitative estimate of drug-likeness (QED) is 0.394. The first kappa shape index (κ1) is 26.5. The zero-order valence-corrected chi connectivity index (χ0v) is 22.4. The Kier molecular flexibility index (Phi) is 8.65. The molecule has 3 aromatic rings. The molecule has 2 amide bonds. The van der Waals surface area contributed by atoms with E-state index in [4.69, 9.17) is 4.74 Å². The fourth-order valence-corrected chi connectivity index (χ4v) is 5.01. The van der Waals surface area contributed by atoms with E-state index in [-0.39, 0.29) is 17.9 Å². The van der Waals surface area contributed by atoms with E-state index in [1.807, 2.05) is 67.3 Å². The zero-order chi connectivity index (χ0) is 26.4. The van der Waals surface area contributed by atoms with E-state index < -0.39 is 6.10 Å². The van der Waals surface area contributed by atoms with E-state index in [0.717, 1.165) is 28.7 Å². The van der Waals surface area contributed by atoms with Crippen molar-refractivity contribution in [2.24, 2.45) is 5.92 Å². The maximum atomic E-state index is 13.3. The van der Waals surface area contributed by atoms with Crippen molar-refractivity contribution in [3.63, 3.8) is 0 Å². The topological polar surface area (TPSA) is 58.6 Å². The Bertz CT molecular complexity index is 1220. The van der Waals surface area contributed by atoms with Gasteiger partial charge in [0.25, 0.3) is 5.91 Å². The molecule has 194 valence electrons. The molecule has 2 atom stereocenters. The first-order valence-corrected chi connectivity index (χ1v) is 13.3. The molecule has 0 bridgehead atoms. The molecular formula is C32H38N2O3. The summed E-state index contributed by atoms with van der Waals surface area (Å²) in [5, 5.41) is 3.02. The van der Waals surface area contributed by atoms with Gasteiger partial charge in [0.1, 0.15) is 5.75 Å². The van der Waals surface area contributed by atoms with Crippen LogP contribution in [0, 0.1) is 12.8 Å². The molecular weight excluding hydrogens is 460 g/mol. The smallest absolute Gasteiger partial charge is 0.261 e. The average Bonchev–Trinajstić information content (AvgIpc) is 2.89. The number of hydrogen-bond acceptors (Lipinski definition) is 3. The lowest BCUT2D eigenvalue weighted by atomic mass is 9.87. The molecule has 0 saturated heterocycles. The molecule has 5 heteroatoms. The average molecular weight is 499 g/mol. The molecule has 0 aromatic heterocycles. The number of carbonyl (C=O) groups is 2. The summed E-state index contributed by atoms with van der Waals surface area (Å²) in [7, 11) is 0. The SMILES string of the molecule is CC[C@H](Oc1ccc2c(c1)[C@H](c1ccccc1)N(C(=O)CC(C)C)CC2)C(=O)NCc1cccc(C)c1. The molecule has 0 fully saturated rings. The van der Waals surface area contributed by atoms with Crippen LogP contribution in [0.15, 0.2) is 72.8 Å². The third-order valence-electron chi connectivity index (χ3n) is 6.85. The van der Waals surface area contributed by atoms with Crippen LogP contribution < -0.4 is 10.1 Å². The minimum Gasteiger partial charge on any atom is -0.481 e. The van der Waals surface area contributed by atoms with Gasteiger partial charge >= 0.3 is 0 Å². The number of rotatable bonds is 9. The zero-order valence-electron chi connectivity index (χ0n) is 22.4. The van der Waals surface area contributed by atoms with Crippen LogP contribution in [-0.2, 0) is 22.6 Å². The highest BCUT2D eigenvalue weighted by molar-refractivity contribution is 5.81. The lowest BCUT2D eigenvalue weighted by molar-refractivity contribution is -0.134. The van der Waals surface area contributed by atoms with Crippen LogP contribution in [0.25, 0.3) is 0 Å². The Morgan fingerprint density at radius 3 is 2.51 bits per heavy atom. The number of aryl methyl sites for hydroxylation is 1. The Hall–Kier alpha value is -3.60. The number of carbonyl (C=O) groups excluding carboxylic acids is 2. The molecule has 5 nitrogen and oxygen atoms in total. The fourth-order valence-electron chi connectivity index (χ4n) is 5.01. The second-order valence-corrected chi connectivity index (χ2v) is 10.3. The highest BCUT2D eigenvalue weighted by atomic mass is 16.5. The summed E-state index contributed by atoms with van der Waals surface area (Å²) in [6.45, 7) is 9.31. The predicted octanol–water partition coefficient (Wildman–Crippen LogP) is 5.99. The molecule has 0 spiro atoms. The van der Waals surface area contributed by atoms with Crippen LogP contribution in [0.4, 0.5) is 0 Å². The second kappa shape index (κ2) is 12.1. The normalized spacial score (nSPS) is 15.7. The Morgan fingerprint density at radius 1 is 1.03 bits per heavy atom. The third-order valence-corrected chi connectivity index (χ3v) is 6.85. The van der Waals surface area contributed by atoms with Crippen LogP contribution in [-0.4, -0.2) is 29.4 Å². The van der Waals surface area contributed by atoms with Crippen molar-refractivity contribution in [3.8, 4) is 5.75 Å².